The summed E-state index contributed by atoms with van der Waals surface area (Å²) in [4.78, 5) is 16.8. The lowest BCUT2D eigenvalue weighted by Gasteiger charge is -2.17. The molecule has 110 valence electrons. The Morgan fingerprint density at radius 3 is 2.76 bits per heavy atom. The van der Waals surface area contributed by atoms with E-state index in [1.54, 1.807) is 25.3 Å². The SMILES string of the molecule is Cc1ccc(CNc2cccnc2N(C)C)cc1[N+](=O)[O-]. The molecule has 0 aliphatic carbocycles. The number of nitro benzene ring substituents is 1. The summed E-state index contributed by atoms with van der Waals surface area (Å²) >= 11 is 0. The minimum atomic E-state index is -0.353. The maximum absolute atomic E-state index is 11.0. The van der Waals surface area contributed by atoms with Crippen molar-refractivity contribution in [3.8, 4) is 0 Å². The summed E-state index contributed by atoms with van der Waals surface area (Å²) in [6, 6.07) is 9.05. The number of nitrogens with zero attached hydrogens (tertiary/aromatic N) is 3. The van der Waals surface area contributed by atoms with Crippen LogP contribution in [0.5, 0.6) is 0 Å². The largest absolute Gasteiger partial charge is 0.378 e. The number of hydrogen-bond donors (Lipinski definition) is 1. The first-order valence-electron chi connectivity index (χ1n) is 6.59. The molecular weight excluding hydrogens is 268 g/mol. The Balaban J connectivity index is 2.17. The molecule has 0 fully saturated rings. The summed E-state index contributed by atoms with van der Waals surface area (Å²) in [5.74, 6) is 0.833. The topological polar surface area (TPSA) is 71.3 Å². The van der Waals surface area contributed by atoms with E-state index in [2.05, 4.69) is 10.3 Å². The molecule has 0 aliphatic heterocycles. The van der Waals surface area contributed by atoms with Crippen molar-refractivity contribution in [2.75, 3.05) is 24.3 Å². The smallest absolute Gasteiger partial charge is 0.272 e. The molecule has 1 N–H and O–H groups in total. The zero-order valence-corrected chi connectivity index (χ0v) is 12.3. The first-order valence-corrected chi connectivity index (χ1v) is 6.59. The highest BCUT2D eigenvalue weighted by Gasteiger charge is 2.11. The van der Waals surface area contributed by atoms with E-state index in [-0.39, 0.29) is 10.6 Å². The fourth-order valence-electron chi connectivity index (χ4n) is 2.05. The van der Waals surface area contributed by atoms with Crippen LogP contribution in [-0.2, 0) is 6.54 Å². The van der Waals surface area contributed by atoms with Gasteiger partial charge in [-0.1, -0.05) is 12.1 Å². The van der Waals surface area contributed by atoms with Crippen molar-refractivity contribution >= 4 is 17.2 Å². The third-order valence-electron chi connectivity index (χ3n) is 3.16. The molecule has 0 spiro atoms. The molecule has 0 atom stereocenters. The van der Waals surface area contributed by atoms with Crippen molar-refractivity contribution in [1.29, 1.82) is 0 Å². The van der Waals surface area contributed by atoms with Crippen molar-refractivity contribution in [3.05, 3.63) is 57.8 Å². The third kappa shape index (κ3) is 3.47. The minimum Gasteiger partial charge on any atom is -0.378 e. The highest BCUT2D eigenvalue weighted by atomic mass is 16.6. The fraction of sp³-hybridized carbons (Fsp3) is 0.267. The standard InChI is InChI=1S/C15H18N4O2/c1-11-6-7-12(9-14(11)19(20)21)10-17-13-5-4-8-16-15(13)18(2)3/h4-9,17H,10H2,1-3H3. The van der Waals surface area contributed by atoms with Gasteiger partial charge in [0.1, 0.15) is 0 Å². The lowest BCUT2D eigenvalue weighted by atomic mass is 10.1. The molecule has 0 bridgehead atoms. The van der Waals surface area contributed by atoms with Crippen molar-refractivity contribution < 1.29 is 4.92 Å². The van der Waals surface area contributed by atoms with Crippen LogP contribution >= 0.6 is 0 Å². The lowest BCUT2D eigenvalue weighted by molar-refractivity contribution is -0.385. The van der Waals surface area contributed by atoms with Gasteiger partial charge in [0.05, 0.1) is 10.6 Å². The number of aryl methyl sites for hydroxylation is 1. The van der Waals surface area contributed by atoms with Gasteiger partial charge in [-0.2, -0.15) is 0 Å². The molecule has 21 heavy (non-hydrogen) atoms. The number of benzene rings is 1. The average Bonchev–Trinajstić information content (AvgIpc) is 2.46. The van der Waals surface area contributed by atoms with Crippen LogP contribution in [0.4, 0.5) is 17.2 Å². The number of aromatic nitrogens is 1. The van der Waals surface area contributed by atoms with Crippen molar-refractivity contribution in [2.24, 2.45) is 0 Å². The monoisotopic (exact) mass is 286 g/mol. The van der Waals surface area contributed by atoms with Crippen LogP contribution in [0.3, 0.4) is 0 Å². The molecule has 0 aliphatic rings. The van der Waals surface area contributed by atoms with Crippen LogP contribution in [0.1, 0.15) is 11.1 Å². The molecule has 2 aromatic rings. The molecule has 0 saturated heterocycles. The van der Waals surface area contributed by atoms with Crippen molar-refractivity contribution in [1.82, 2.24) is 4.98 Å². The van der Waals surface area contributed by atoms with E-state index in [4.69, 9.17) is 0 Å². The van der Waals surface area contributed by atoms with E-state index in [0.717, 1.165) is 17.1 Å². The summed E-state index contributed by atoms with van der Waals surface area (Å²) in [6.45, 7) is 2.24. The zero-order valence-electron chi connectivity index (χ0n) is 12.3. The second-order valence-electron chi connectivity index (χ2n) is 5.00. The molecule has 1 aromatic carbocycles. The molecule has 2 rings (SSSR count). The van der Waals surface area contributed by atoms with E-state index in [1.807, 2.05) is 37.2 Å². The zero-order chi connectivity index (χ0) is 15.4. The number of anilines is 2. The Bertz CT molecular complexity index is 656. The molecule has 0 saturated carbocycles. The van der Waals surface area contributed by atoms with Crippen LogP contribution in [0.2, 0.25) is 0 Å². The molecule has 6 nitrogen and oxygen atoms in total. The van der Waals surface area contributed by atoms with Gasteiger partial charge in [-0.3, -0.25) is 10.1 Å². The Hall–Kier alpha value is -2.63. The number of hydrogen-bond acceptors (Lipinski definition) is 5. The van der Waals surface area contributed by atoms with E-state index in [1.165, 1.54) is 0 Å². The molecular formula is C15H18N4O2. The van der Waals surface area contributed by atoms with Crippen LogP contribution < -0.4 is 10.2 Å². The summed E-state index contributed by atoms with van der Waals surface area (Å²) in [5.41, 5.74) is 2.57. The second-order valence-corrected chi connectivity index (χ2v) is 5.00. The minimum absolute atomic E-state index is 0.147. The molecule has 0 unspecified atom stereocenters. The van der Waals surface area contributed by atoms with Crippen molar-refractivity contribution in [3.63, 3.8) is 0 Å². The number of rotatable bonds is 5. The quantitative estimate of drug-likeness (QED) is 0.676. The lowest BCUT2D eigenvalue weighted by Crippen LogP contribution is -2.13. The van der Waals surface area contributed by atoms with Gasteiger partial charge < -0.3 is 10.2 Å². The molecule has 0 radical (unpaired) electrons. The predicted molar refractivity (Wildman–Crippen MR) is 83.7 cm³/mol. The van der Waals surface area contributed by atoms with Gasteiger partial charge >= 0.3 is 0 Å². The Labute approximate surface area is 123 Å². The first-order chi connectivity index (χ1) is 9.99. The van der Waals surface area contributed by atoms with Gasteiger partial charge in [0.15, 0.2) is 5.82 Å². The maximum atomic E-state index is 11.0. The van der Waals surface area contributed by atoms with Gasteiger partial charge in [-0.25, -0.2) is 4.98 Å². The van der Waals surface area contributed by atoms with Gasteiger partial charge in [-0.05, 0) is 24.6 Å². The van der Waals surface area contributed by atoms with Gasteiger partial charge in [0, 0.05) is 38.5 Å². The summed E-state index contributed by atoms with van der Waals surface area (Å²) in [7, 11) is 3.84. The van der Waals surface area contributed by atoms with E-state index in [0.29, 0.717) is 12.1 Å². The van der Waals surface area contributed by atoms with Gasteiger partial charge in [0.2, 0.25) is 0 Å². The van der Waals surface area contributed by atoms with Gasteiger partial charge in [0.25, 0.3) is 5.69 Å². The highest BCUT2D eigenvalue weighted by molar-refractivity contribution is 5.64. The summed E-state index contributed by atoms with van der Waals surface area (Å²) in [6.07, 6.45) is 1.73. The Morgan fingerprint density at radius 2 is 2.10 bits per heavy atom. The normalized spacial score (nSPS) is 10.2. The van der Waals surface area contributed by atoms with Crippen LogP contribution in [0, 0.1) is 17.0 Å². The molecule has 6 heteroatoms. The highest BCUT2D eigenvalue weighted by Crippen LogP contribution is 2.23. The average molecular weight is 286 g/mol. The predicted octanol–water partition coefficient (Wildman–Crippen LogP) is 2.98. The van der Waals surface area contributed by atoms with Crippen LogP contribution in [-0.4, -0.2) is 24.0 Å². The summed E-state index contributed by atoms with van der Waals surface area (Å²) < 4.78 is 0. The van der Waals surface area contributed by atoms with Gasteiger partial charge in [-0.15, -0.1) is 0 Å². The van der Waals surface area contributed by atoms with E-state index >= 15 is 0 Å². The van der Waals surface area contributed by atoms with Crippen molar-refractivity contribution in [2.45, 2.75) is 13.5 Å². The molecule has 1 heterocycles. The first kappa shape index (κ1) is 14.8. The molecule has 0 amide bonds. The number of pyridine rings is 1. The maximum Gasteiger partial charge on any atom is 0.272 e. The van der Waals surface area contributed by atoms with Crippen LogP contribution in [0.15, 0.2) is 36.5 Å². The Kier molecular flexibility index (Phi) is 4.37. The molecule has 1 aromatic heterocycles. The summed E-state index contributed by atoms with van der Waals surface area (Å²) in [5, 5.41) is 14.2. The van der Waals surface area contributed by atoms with E-state index in [9.17, 15) is 10.1 Å². The second kappa shape index (κ2) is 6.21. The van der Waals surface area contributed by atoms with Crippen LogP contribution in [0.25, 0.3) is 0 Å². The Morgan fingerprint density at radius 1 is 1.33 bits per heavy atom. The number of nitrogens with one attached hydrogen (secondary N) is 1. The third-order valence-corrected chi connectivity index (χ3v) is 3.16. The fourth-order valence-corrected chi connectivity index (χ4v) is 2.05. The van der Waals surface area contributed by atoms with E-state index < -0.39 is 0 Å². The number of nitro groups is 1.